The third-order valence-electron chi connectivity index (χ3n) is 2.76. The zero-order valence-corrected chi connectivity index (χ0v) is 9.94. The first kappa shape index (κ1) is 12.2. The number of H-pyrrole nitrogens is 1. The molecule has 0 bridgehead atoms. The molecule has 0 saturated heterocycles. The molecule has 0 radical (unpaired) electrons. The van der Waals surface area contributed by atoms with Gasteiger partial charge in [0.25, 0.3) is 0 Å². The molecule has 2 aromatic rings. The van der Waals surface area contributed by atoms with Crippen LogP contribution in [0.1, 0.15) is 19.8 Å². The number of carbonyl (C=O) groups is 1. The molecule has 1 unspecified atom stereocenters. The predicted molar refractivity (Wildman–Crippen MR) is 61.4 cm³/mol. The Morgan fingerprint density at radius 2 is 2.44 bits per heavy atom. The van der Waals surface area contributed by atoms with Crippen LogP contribution in [0.25, 0.3) is 11.4 Å². The first-order valence-electron chi connectivity index (χ1n) is 5.67. The molecule has 8 nitrogen and oxygen atoms in total. The molecule has 96 valence electrons. The minimum Gasteiger partial charge on any atom is -0.481 e. The summed E-state index contributed by atoms with van der Waals surface area (Å²) >= 11 is 0. The fourth-order valence-electron chi connectivity index (χ4n) is 1.74. The molecule has 2 heterocycles. The third kappa shape index (κ3) is 2.70. The Morgan fingerprint density at radius 1 is 1.61 bits per heavy atom. The normalized spacial score (nSPS) is 12.5. The van der Waals surface area contributed by atoms with Crippen molar-refractivity contribution in [2.45, 2.75) is 26.3 Å². The Bertz CT molecular complexity index is 506. The molecule has 1 atom stereocenters. The van der Waals surface area contributed by atoms with Crippen LogP contribution < -0.4 is 0 Å². The second-order valence-corrected chi connectivity index (χ2v) is 4.04. The van der Waals surface area contributed by atoms with Crippen LogP contribution in [0.5, 0.6) is 0 Å². The van der Waals surface area contributed by atoms with E-state index in [1.54, 1.807) is 17.1 Å². The number of rotatable bonds is 6. The van der Waals surface area contributed by atoms with Gasteiger partial charge in [0, 0.05) is 19.2 Å². The number of nitrogens with one attached hydrogen (secondary N) is 1. The summed E-state index contributed by atoms with van der Waals surface area (Å²) in [5, 5.41) is 26.8. The van der Waals surface area contributed by atoms with Crippen molar-refractivity contribution in [3.05, 3.63) is 12.4 Å². The Hall–Kier alpha value is -2.25. The highest BCUT2D eigenvalue weighted by molar-refractivity contribution is 5.67. The minimum atomic E-state index is -0.806. The molecular formula is C10H14N6O2. The van der Waals surface area contributed by atoms with Crippen molar-refractivity contribution >= 4 is 5.97 Å². The quantitative estimate of drug-likeness (QED) is 0.775. The van der Waals surface area contributed by atoms with E-state index in [1.807, 2.05) is 6.92 Å². The molecule has 0 saturated carbocycles. The Kier molecular flexibility index (Phi) is 3.66. The second-order valence-electron chi connectivity index (χ2n) is 4.04. The average molecular weight is 250 g/mol. The van der Waals surface area contributed by atoms with E-state index < -0.39 is 5.97 Å². The van der Waals surface area contributed by atoms with Crippen molar-refractivity contribution in [2.75, 3.05) is 0 Å². The van der Waals surface area contributed by atoms with E-state index in [1.165, 1.54) is 0 Å². The van der Waals surface area contributed by atoms with E-state index in [2.05, 4.69) is 25.7 Å². The molecule has 2 rings (SSSR count). The second kappa shape index (κ2) is 5.39. The standard InChI is InChI=1S/C10H14N6O2/c1-2-7(3-9(17)18)6-16-10(13-14-15-16)8-4-11-12-5-8/h4-5,7H,2-3,6H2,1H3,(H,11,12)(H,17,18). The summed E-state index contributed by atoms with van der Waals surface area (Å²) in [5.41, 5.74) is 0.783. The molecule has 2 N–H and O–H groups in total. The number of carboxylic acid groups (broad SMARTS) is 1. The smallest absolute Gasteiger partial charge is 0.303 e. The predicted octanol–water partition coefficient (Wildman–Crippen LogP) is 0.564. The fraction of sp³-hybridized carbons (Fsp3) is 0.500. The SMILES string of the molecule is CCC(CC(=O)O)Cn1nnnc1-c1cn[nH]c1. The molecule has 2 aromatic heterocycles. The van der Waals surface area contributed by atoms with Gasteiger partial charge in [0.15, 0.2) is 5.82 Å². The van der Waals surface area contributed by atoms with E-state index in [0.29, 0.717) is 12.4 Å². The van der Waals surface area contributed by atoms with Gasteiger partial charge >= 0.3 is 5.97 Å². The summed E-state index contributed by atoms with van der Waals surface area (Å²) in [5.74, 6) is -0.205. The van der Waals surface area contributed by atoms with Gasteiger partial charge < -0.3 is 5.11 Å². The lowest BCUT2D eigenvalue weighted by atomic mass is 10.0. The number of nitrogens with zero attached hydrogens (tertiary/aromatic N) is 5. The molecule has 0 spiro atoms. The molecule has 8 heteroatoms. The molecular weight excluding hydrogens is 236 g/mol. The highest BCUT2D eigenvalue weighted by Gasteiger charge is 2.16. The molecule has 0 aromatic carbocycles. The van der Waals surface area contributed by atoms with Crippen LogP contribution in [0.15, 0.2) is 12.4 Å². The molecule has 0 amide bonds. The largest absolute Gasteiger partial charge is 0.481 e. The minimum absolute atomic E-state index is 0.0108. The van der Waals surface area contributed by atoms with Crippen molar-refractivity contribution in [2.24, 2.45) is 5.92 Å². The Morgan fingerprint density at radius 3 is 3.06 bits per heavy atom. The van der Waals surface area contributed by atoms with Crippen molar-refractivity contribution < 1.29 is 9.90 Å². The van der Waals surface area contributed by atoms with Gasteiger partial charge in [-0.1, -0.05) is 13.3 Å². The Balaban J connectivity index is 2.14. The number of aromatic amines is 1. The molecule has 0 aliphatic rings. The first-order valence-corrected chi connectivity index (χ1v) is 5.67. The maximum absolute atomic E-state index is 10.7. The van der Waals surface area contributed by atoms with Crippen LogP contribution in [-0.2, 0) is 11.3 Å². The zero-order chi connectivity index (χ0) is 13.0. The van der Waals surface area contributed by atoms with Gasteiger partial charge in [-0.05, 0) is 16.3 Å². The van der Waals surface area contributed by atoms with Crippen LogP contribution >= 0.6 is 0 Å². The Labute approximate surface area is 103 Å². The summed E-state index contributed by atoms with van der Waals surface area (Å²) in [7, 11) is 0. The molecule has 0 fully saturated rings. The summed E-state index contributed by atoms with van der Waals surface area (Å²) in [6, 6.07) is 0. The highest BCUT2D eigenvalue weighted by Crippen LogP contribution is 2.17. The lowest BCUT2D eigenvalue weighted by Gasteiger charge is -2.12. The number of aliphatic carboxylic acids is 1. The number of hydrogen-bond donors (Lipinski definition) is 2. The zero-order valence-electron chi connectivity index (χ0n) is 9.94. The molecule has 18 heavy (non-hydrogen) atoms. The molecule has 0 aliphatic carbocycles. The number of carboxylic acids is 1. The monoisotopic (exact) mass is 250 g/mol. The van der Waals surface area contributed by atoms with Crippen LogP contribution in [0.3, 0.4) is 0 Å². The van der Waals surface area contributed by atoms with Crippen LogP contribution in [0, 0.1) is 5.92 Å². The van der Waals surface area contributed by atoms with Crippen LogP contribution in [0.4, 0.5) is 0 Å². The van der Waals surface area contributed by atoms with Crippen molar-refractivity contribution in [3.63, 3.8) is 0 Å². The van der Waals surface area contributed by atoms with Gasteiger partial charge in [0.05, 0.1) is 11.8 Å². The van der Waals surface area contributed by atoms with Gasteiger partial charge in [0.1, 0.15) is 0 Å². The maximum atomic E-state index is 10.7. The summed E-state index contributed by atoms with van der Waals surface area (Å²) in [6.45, 7) is 2.44. The number of aromatic nitrogens is 6. The van der Waals surface area contributed by atoms with Crippen molar-refractivity contribution in [1.29, 1.82) is 0 Å². The van der Waals surface area contributed by atoms with Crippen molar-refractivity contribution in [3.8, 4) is 11.4 Å². The van der Waals surface area contributed by atoms with E-state index in [4.69, 9.17) is 5.11 Å². The van der Waals surface area contributed by atoms with E-state index in [0.717, 1.165) is 12.0 Å². The van der Waals surface area contributed by atoms with Crippen molar-refractivity contribution in [1.82, 2.24) is 30.4 Å². The van der Waals surface area contributed by atoms with Crippen LogP contribution in [0.2, 0.25) is 0 Å². The highest BCUT2D eigenvalue weighted by atomic mass is 16.4. The van der Waals surface area contributed by atoms with Gasteiger partial charge in [-0.3, -0.25) is 9.89 Å². The van der Waals surface area contributed by atoms with E-state index in [-0.39, 0.29) is 12.3 Å². The van der Waals surface area contributed by atoms with Gasteiger partial charge in [0.2, 0.25) is 0 Å². The summed E-state index contributed by atoms with van der Waals surface area (Å²) in [4.78, 5) is 10.7. The number of tetrazole rings is 1. The van der Waals surface area contributed by atoms with Gasteiger partial charge in [-0.2, -0.15) is 5.10 Å². The lowest BCUT2D eigenvalue weighted by molar-refractivity contribution is -0.138. The summed E-state index contributed by atoms with van der Waals surface area (Å²) < 4.78 is 1.61. The maximum Gasteiger partial charge on any atom is 0.303 e. The average Bonchev–Trinajstić information content (AvgIpc) is 2.96. The lowest BCUT2D eigenvalue weighted by Crippen LogP contribution is -2.16. The van der Waals surface area contributed by atoms with Crippen LogP contribution in [-0.4, -0.2) is 41.5 Å². The first-order chi connectivity index (χ1) is 8.70. The summed E-state index contributed by atoms with van der Waals surface area (Å²) in [6.07, 6.45) is 4.19. The fourth-order valence-corrected chi connectivity index (χ4v) is 1.74. The van der Waals surface area contributed by atoms with Gasteiger partial charge in [-0.15, -0.1) is 5.10 Å². The van der Waals surface area contributed by atoms with Gasteiger partial charge in [-0.25, -0.2) is 4.68 Å². The topological polar surface area (TPSA) is 110 Å². The van der Waals surface area contributed by atoms with E-state index >= 15 is 0 Å². The number of hydrogen-bond acceptors (Lipinski definition) is 5. The van der Waals surface area contributed by atoms with E-state index in [9.17, 15) is 4.79 Å². The third-order valence-corrected chi connectivity index (χ3v) is 2.76. The molecule has 0 aliphatic heterocycles.